The molecule has 5 heteroatoms. The van der Waals surface area contributed by atoms with Crippen LogP contribution in [0.3, 0.4) is 0 Å². The second kappa shape index (κ2) is 8.02. The molecule has 5 nitrogen and oxygen atoms in total. The first-order valence-corrected chi connectivity index (χ1v) is 7.62. The number of carbonyl (C=O) groups excluding carboxylic acids is 1. The second-order valence-corrected chi connectivity index (χ2v) is 5.19. The van der Waals surface area contributed by atoms with Crippen molar-refractivity contribution in [2.24, 2.45) is 0 Å². The Balaban J connectivity index is 2.24. The first-order chi connectivity index (χ1) is 11.6. The Morgan fingerprint density at radius 2 is 1.88 bits per heavy atom. The maximum atomic E-state index is 12.4. The molecule has 0 aliphatic heterocycles. The summed E-state index contributed by atoms with van der Waals surface area (Å²) in [6.45, 7) is 4.48. The lowest BCUT2D eigenvalue weighted by Gasteiger charge is -2.14. The maximum Gasteiger partial charge on any atom is 0.347 e. The van der Waals surface area contributed by atoms with E-state index in [-0.39, 0.29) is 0 Å². The fourth-order valence-corrected chi connectivity index (χ4v) is 2.12. The summed E-state index contributed by atoms with van der Waals surface area (Å²) in [6, 6.07) is 11.7. The van der Waals surface area contributed by atoms with Crippen LogP contribution in [0.25, 0.3) is 0 Å². The van der Waals surface area contributed by atoms with Gasteiger partial charge in [0.1, 0.15) is 22.8 Å². The predicted octanol–water partition coefficient (Wildman–Crippen LogP) is 3.88. The van der Waals surface area contributed by atoms with Gasteiger partial charge in [0.15, 0.2) is 0 Å². The van der Waals surface area contributed by atoms with E-state index in [2.05, 4.69) is 0 Å². The Kier molecular flexibility index (Phi) is 5.80. The SMILES string of the molecule is CCCOc1cc(OC)c(C(=O)Oc2ccc(C#N)cc2)cc1C. The van der Waals surface area contributed by atoms with Crippen LogP contribution in [0.1, 0.15) is 34.8 Å². The van der Waals surface area contributed by atoms with E-state index in [1.54, 1.807) is 36.4 Å². The van der Waals surface area contributed by atoms with Crippen molar-refractivity contribution in [1.29, 1.82) is 5.26 Å². The number of nitrogens with zero attached hydrogens (tertiary/aromatic N) is 1. The summed E-state index contributed by atoms with van der Waals surface area (Å²) in [6.07, 6.45) is 0.893. The number of aryl methyl sites for hydroxylation is 1. The van der Waals surface area contributed by atoms with Crippen molar-refractivity contribution in [3.05, 3.63) is 53.1 Å². The van der Waals surface area contributed by atoms with Crippen LogP contribution in [-0.4, -0.2) is 19.7 Å². The highest BCUT2D eigenvalue weighted by molar-refractivity contribution is 5.94. The number of hydrogen-bond donors (Lipinski definition) is 0. The monoisotopic (exact) mass is 325 g/mol. The van der Waals surface area contributed by atoms with Crippen LogP contribution in [0.4, 0.5) is 0 Å². The molecular weight excluding hydrogens is 306 g/mol. The minimum Gasteiger partial charge on any atom is -0.496 e. The van der Waals surface area contributed by atoms with Crippen LogP contribution in [0.5, 0.6) is 17.2 Å². The molecule has 0 aliphatic carbocycles. The molecule has 0 unspecified atom stereocenters. The van der Waals surface area contributed by atoms with Gasteiger partial charge in [-0.1, -0.05) is 6.92 Å². The number of methoxy groups -OCH3 is 1. The predicted molar refractivity (Wildman–Crippen MR) is 89.6 cm³/mol. The largest absolute Gasteiger partial charge is 0.496 e. The van der Waals surface area contributed by atoms with Crippen LogP contribution in [0.2, 0.25) is 0 Å². The van der Waals surface area contributed by atoms with Crippen molar-refractivity contribution < 1.29 is 19.0 Å². The number of hydrogen-bond acceptors (Lipinski definition) is 5. The molecule has 0 aliphatic rings. The molecule has 0 saturated heterocycles. The van der Waals surface area contributed by atoms with E-state index in [9.17, 15) is 4.79 Å². The molecule has 24 heavy (non-hydrogen) atoms. The lowest BCUT2D eigenvalue weighted by atomic mass is 10.1. The van der Waals surface area contributed by atoms with E-state index in [4.69, 9.17) is 19.5 Å². The van der Waals surface area contributed by atoms with Gasteiger partial charge in [-0.25, -0.2) is 4.79 Å². The third-order valence-electron chi connectivity index (χ3n) is 3.37. The topological polar surface area (TPSA) is 68.6 Å². The summed E-state index contributed by atoms with van der Waals surface area (Å²) < 4.78 is 16.3. The van der Waals surface area contributed by atoms with Crippen molar-refractivity contribution >= 4 is 5.97 Å². The normalized spacial score (nSPS) is 9.92. The number of benzene rings is 2. The molecule has 124 valence electrons. The van der Waals surface area contributed by atoms with Gasteiger partial charge in [-0.3, -0.25) is 0 Å². The Morgan fingerprint density at radius 1 is 1.17 bits per heavy atom. The molecule has 0 atom stereocenters. The van der Waals surface area contributed by atoms with E-state index < -0.39 is 5.97 Å². The Morgan fingerprint density at radius 3 is 2.46 bits per heavy atom. The third kappa shape index (κ3) is 4.05. The van der Waals surface area contributed by atoms with Gasteiger partial charge in [0.2, 0.25) is 0 Å². The zero-order valence-corrected chi connectivity index (χ0v) is 14.0. The van der Waals surface area contributed by atoms with Crippen LogP contribution in [-0.2, 0) is 0 Å². The molecule has 0 amide bonds. The van der Waals surface area contributed by atoms with Gasteiger partial charge in [-0.15, -0.1) is 0 Å². The van der Waals surface area contributed by atoms with Crippen LogP contribution < -0.4 is 14.2 Å². The van der Waals surface area contributed by atoms with Gasteiger partial charge in [-0.2, -0.15) is 5.26 Å². The minimum atomic E-state index is -0.526. The Bertz CT molecular complexity index is 760. The highest BCUT2D eigenvalue weighted by Crippen LogP contribution is 2.30. The number of rotatable bonds is 6. The zero-order valence-electron chi connectivity index (χ0n) is 14.0. The molecule has 2 aromatic carbocycles. The highest BCUT2D eigenvalue weighted by Gasteiger charge is 2.18. The Labute approximate surface area is 141 Å². The molecule has 0 heterocycles. The smallest absolute Gasteiger partial charge is 0.347 e. The lowest BCUT2D eigenvalue weighted by molar-refractivity contribution is 0.0731. The van der Waals surface area contributed by atoms with Crippen molar-refractivity contribution in [3.8, 4) is 23.3 Å². The average molecular weight is 325 g/mol. The van der Waals surface area contributed by atoms with Crippen molar-refractivity contribution in [2.45, 2.75) is 20.3 Å². The quantitative estimate of drug-likeness (QED) is 0.595. The molecule has 0 N–H and O–H groups in total. The van der Waals surface area contributed by atoms with Crippen molar-refractivity contribution in [1.82, 2.24) is 0 Å². The van der Waals surface area contributed by atoms with E-state index >= 15 is 0 Å². The molecular formula is C19H19NO4. The molecule has 0 aromatic heterocycles. The minimum absolute atomic E-state index is 0.322. The van der Waals surface area contributed by atoms with Gasteiger partial charge < -0.3 is 14.2 Å². The standard InChI is InChI=1S/C19H19NO4/c1-4-9-23-17-11-18(22-3)16(10-13(17)2)19(21)24-15-7-5-14(12-20)6-8-15/h5-8,10-11H,4,9H2,1-3H3. The van der Waals surface area contributed by atoms with E-state index in [0.29, 0.717) is 35.0 Å². The summed E-state index contributed by atoms with van der Waals surface area (Å²) in [7, 11) is 1.49. The van der Waals surface area contributed by atoms with Crippen molar-refractivity contribution in [2.75, 3.05) is 13.7 Å². The van der Waals surface area contributed by atoms with Gasteiger partial charge >= 0.3 is 5.97 Å². The van der Waals surface area contributed by atoms with E-state index in [1.165, 1.54) is 7.11 Å². The first kappa shape index (κ1) is 17.4. The molecule has 0 radical (unpaired) electrons. The van der Waals surface area contributed by atoms with Gasteiger partial charge in [-0.05, 0) is 49.2 Å². The number of ether oxygens (including phenoxy) is 3. The molecule has 2 rings (SSSR count). The highest BCUT2D eigenvalue weighted by atomic mass is 16.5. The summed E-state index contributed by atoms with van der Waals surface area (Å²) in [4.78, 5) is 12.4. The molecule has 0 bridgehead atoms. The first-order valence-electron chi connectivity index (χ1n) is 7.62. The maximum absolute atomic E-state index is 12.4. The molecule has 0 saturated carbocycles. The molecule has 0 fully saturated rings. The molecule has 0 spiro atoms. The Hall–Kier alpha value is -3.00. The van der Waals surface area contributed by atoms with E-state index in [0.717, 1.165) is 12.0 Å². The van der Waals surface area contributed by atoms with Gasteiger partial charge in [0.25, 0.3) is 0 Å². The van der Waals surface area contributed by atoms with Crippen LogP contribution >= 0.6 is 0 Å². The second-order valence-electron chi connectivity index (χ2n) is 5.19. The fourth-order valence-electron chi connectivity index (χ4n) is 2.12. The number of carbonyl (C=O) groups is 1. The third-order valence-corrected chi connectivity index (χ3v) is 3.37. The van der Waals surface area contributed by atoms with E-state index in [1.807, 2.05) is 19.9 Å². The summed E-state index contributed by atoms with van der Waals surface area (Å²) in [5.74, 6) is 0.917. The zero-order chi connectivity index (χ0) is 17.5. The van der Waals surface area contributed by atoms with Gasteiger partial charge in [0.05, 0.1) is 25.3 Å². The fraction of sp³-hybridized carbons (Fsp3) is 0.263. The number of nitriles is 1. The number of esters is 1. The summed E-state index contributed by atoms with van der Waals surface area (Å²) in [5, 5.41) is 8.79. The van der Waals surface area contributed by atoms with Gasteiger partial charge in [0, 0.05) is 6.07 Å². The van der Waals surface area contributed by atoms with Crippen molar-refractivity contribution in [3.63, 3.8) is 0 Å². The van der Waals surface area contributed by atoms with Crippen LogP contribution in [0, 0.1) is 18.3 Å². The van der Waals surface area contributed by atoms with Crippen LogP contribution in [0.15, 0.2) is 36.4 Å². The summed E-state index contributed by atoms with van der Waals surface area (Å²) >= 11 is 0. The molecule has 2 aromatic rings. The average Bonchev–Trinajstić information content (AvgIpc) is 2.61. The lowest BCUT2D eigenvalue weighted by Crippen LogP contribution is -2.11. The summed E-state index contributed by atoms with van der Waals surface area (Å²) in [5.41, 5.74) is 1.65.